The number of anilines is 1. The molecule has 16 heavy (non-hydrogen) atoms. The molecule has 1 aliphatic rings. The summed E-state index contributed by atoms with van der Waals surface area (Å²) in [5, 5.41) is 6.01. The maximum atomic E-state index is 11.8. The number of hydrogen-bond donors (Lipinski definition) is 2. The van der Waals surface area contributed by atoms with Crippen LogP contribution in [0.15, 0.2) is 22.8 Å². The van der Waals surface area contributed by atoms with E-state index in [1.807, 2.05) is 6.07 Å². The summed E-state index contributed by atoms with van der Waals surface area (Å²) in [6, 6.07) is 3.57. The molecule has 5 heteroatoms. The van der Waals surface area contributed by atoms with Crippen LogP contribution in [-0.4, -0.2) is 23.5 Å². The molecule has 0 bridgehead atoms. The molecule has 1 aromatic heterocycles. The second-order valence-corrected chi connectivity index (χ2v) is 4.77. The Hall–Kier alpha value is -0.940. The van der Waals surface area contributed by atoms with Gasteiger partial charge >= 0.3 is 0 Å². The van der Waals surface area contributed by atoms with Gasteiger partial charge in [-0.05, 0) is 47.4 Å². The molecule has 0 saturated carbocycles. The van der Waals surface area contributed by atoms with Crippen molar-refractivity contribution in [2.45, 2.75) is 25.3 Å². The lowest BCUT2D eigenvalue weighted by Gasteiger charge is -2.22. The van der Waals surface area contributed by atoms with Gasteiger partial charge in [-0.25, -0.2) is 4.98 Å². The van der Waals surface area contributed by atoms with Crippen LogP contribution in [0.3, 0.4) is 0 Å². The third-order valence-corrected chi connectivity index (χ3v) is 3.07. The van der Waals surface area contributed by atoms with E-state index in [1.54, 1.807) is 12.3 Å². The van der Waals surface area contributed by atoms with Gasteiger partial charge in [-0.15, -0.1) is 0 Å². The fourth-order valence-electron chi connectivity index (χ4n) is 1.74. The minimum atomic E-state index is -0.0702. The third-order valence-electron chi connectivity index (χ3n) is 2.61. The summed E-state index contributed by atoms with van der Waals surface area (Å²) in [5.74, 6) is 0.607. The van der Waals surface area contributed by atoms with Crippen molar-refractivity contribution in [1.29, 1.82) is 0 Å². The number of carbonyl (C=O) groups excluding carboxylic acids is 1. The number of nitrogens with one attached hydrogen (secondary N) is 2. The van der Waals surface area contributed by atoms with Gasteiger partial charge in [0, 0.05) is 10.7 Å². The Morgan fingerprint density at radius 3 is 3.00 bits per heavy atom. The van der Waals surface area contributed by atoms with Crippen LogP contribution in [0.25, 0.3) is 0 Å². The number of aromatic nitrogens is 1. The Kier molecular flexibility index (Phi) is 3.90. The van der Waals surface area contributed by atoms with E-state index in [4.69, 9.17) is 0 Å². The molecule has 1 amide bonds. The van der Waals surface area contributed by atoms with E-state index >= 15 is 0 Å². The second-order valence-electron chi connectivity index (χ2n) is 3.85. The van der Waals surface area contributed by atoms with Crippen molar-refractivity contribution in [3.63, 3.8) is 0 Å². The third kappa shape index (κ3) is 3.02. The Bertz CT molecular complexity index is 360. The summed E-state index contributed by atoms with van der Waals surface area (Å²) in [6.07, 6.45) is 4.84. The first kappa shape index (κ1) is 11.5. The molecule has 1 atom stereocenters. The first-order valence-electron chi connectivity index (χ1n) is 5.41. The molecule has 0 aromatic carbocycles. The van der Waals surface area contributed by atoms with Gasteiger partial charge in [0.2, 0.25) is 5.91 Å². The van der Waals surface area contributed by atoms with Gasteiger partial charge in [0.1, 0.15) is 5.82 Å². The summed E-state index contributed by atoms with van der Waals surface area (Å²) < 4.78 is 0.904. The monoisotopic (exact) mass is 283 g/mol. The van der Waals surface area contributed by atoms with E-state index in [-0.39, 0.29) is 11.9 Å². The summed E-state index contributed by atoms with van der Waals surface area (Å²) >= 11 is 3.30. The summed E-state index contributed by atoms with van der Waals surface area (Å²) in [7, 11) is 0. The lowest BCUT2D eigenvalue weighted by Crippen LogP contribution is -2.43. The van der Waals surface area contributed by atoms with Crippen molar-refractivity contribution in [2.75, 3.05) is 11.9 Å². The number of nitrogens with zero attached hydrogens (tertiary/aromatic N) is 1. The van der Waals surface area contributed by atoms with E-state index in [0.717, 1.165) is 30.3 Å². The highest BCUT2D eigenvalue weighted by atomic mass is 79.9. The topological polar surface area (TPSA) is 54.0 Å². The SMILES string of the molecule is O=C(Nc1ccc(Br)cn1)[C@H]1CCCCN1. The number of pyridine rings is 1. The zero-order valence-corrected chi connectivity index (χ0v) is 10.5. The Balaban J connectivity index is 1.93. The van der Waals surface area contributed by atoms with Crippen LogP contribution in [0.5, 0.6) is 0 Å². The minimum Gasteiger partial charge on any atom is -0.309 e. The summed E-state index contributed by atoms with van der Waals surface area (Å²) in [6.45, 7) is 0.922. The Labute approximate surface area is 103 Å². The maximum Gasteiger partial charge on any atom is 0.242 e. The average molecular weight is 284 g/mol. The largest absolute Gasteiger partial charge is 0.309 e. The molecule has 86 valence electrons. The molecule has 0 radical (unpaired) electrons. The van der Waals surface area contributed by atoms with Crippen molar-refractivity contribution < 1.29 is 4.79 Å². The summed E-state index contributed by atoms with van der Waals surface area (Å²) in [5.41, 5.74) is 0. The number of halogens is 1. The van der Waals surface area contributed by atoms with Crippen molar-refractivity contribution in [2.24, 2.45) is 0 Å². The predicted octanol–water partition coefficient (Wildman–Crippen LogP) is 1.92. The molecule has 2 rings (SSSR count). The zero-order chi connectivity index (χ0) is 11.4. The molecule has 1 saturated heterocycles. The van der Waals surface area contributed by atoms with Gasteiger partial charge < -0.3 is 10.6 Å². The molecule has 0 aliphatic carbocycles. The van der Waals surface area contributed by atoms with Gasteiger partial charge in [-0.3, -0.25) is 4.79 Å². The molecule has 1 fully saturated rings. The molecule has 1 aromatic rings. The number of hydrogen-bond acceptors (Lipinski definition) is 3. The van der Waals surface area contributed by atoms with Crippen LogP contribution >= 0.6 is 15.9 Å². The van der Waals surface area contributed by atoms with Gasteiger partial charge in [0.05, 0.1) is 6.04 Å². The molecular weight excluding hydrogens is 270 g/mol. The van der Waals surface area contributed by atoms with E-state index in [0.29, 0.717) is 5.82 Å². The second kappa shape index (κ2) is 5.41. The number of amides is 1. The molecule has 1 aliphatic heterocycles. The lowest BCUT2D eigenvalue weighted by atomic mass is 10.0. The Morgan fingerprint density at radius 1 is 1.50 bits per heavy atom. The maximum absolute atomic E-state index is 11.8. The molecule has 0 unspecified atom stereocenters. The van der Waals surface area contributed by atoms with Gasteiger partial charge in [-0.1, -0.05) is 6.42 Å². The normalized spacial score (nSPS) is 20.4. The first-order valence-corrected chi connectivity index (χ1v) is 6.21. The standard InChI is InChI=1S/C11H14BrN3O/c12-8-4-5-10(14-7-8)15-11(16)9-3-1-2-6-13-9/h4-5,7,9,13H,1-3,6H2,(H,14,15,16)/t9-/m1/s1. The van der Waals surface area contributed by atoms with Crippen LogP contribution in [0.4, 0.5) is 5.82 Å². The average Bonchev–Trinajstić information content (AvgIpc) is 2.33. The highest BCUT2D eigenvalue weighted by molar-refractivity contribution is 9.10. The highest BCUT2D eigenvalue weighted by Gasteiger charge is 2.20. The number of rotatable bonds is 2. The van der Waals surface area contributed by atoms with E-state index in [2.05, 4.69) is 31.5 Å². The van der Waals surface area contributed by atoms with E-state index in [9.17, 15) is 4.79 Å². The molecular formula is C11H14BrN3O. The first-order chi connectivity index (χ1) is 7.75. The Morgan fingerprint density at radius 2 is 2.38 bits per heavy atom. The molecule has 2 heterocycles. The highest BCUT2D eigenvalue weighted by Crippen LogP contribution is 2.12. The van der Waals surface area contributed by atoms with Crippen LogP contribution in [0.2, 0.25) is 0 Å². The van der Waals surface area contributed by atoms with Crippen LogP contribution in [0.1, 0.15) is 19.3 Å². The number of piperidine rings is 1. The van der Waals surface area contributed by atoms with Crippen molar-refractivity contribution in [3.05, 3.63) is 22.8 Å². The van der Waals surface area contributed by atoms with Crippen molar-refractivity contribution >= 4 is 27.7 Å². The van der Waals surface area contributed by atoms with E-state index < -0.39 is 0 Å². The van der Waals surface area contributed by atoms with Crippen molar-refractivity contribution in [3.8, 4) is 0 Å². The van der Waals surface area contributed by atoms with Crippen molar-refractivity contribution in [1.82, 2.24) is 10.3 Å². The van der Waals surface area contributed by atoms with Gasteiger partial charge in [0.15, 0.2) is 0 Å². The number of carbonyl (C=O) groups is 1. The fourth-order valence-corrected chi connectivity index (χ4v) is 1.97. The van der Waals surface area contributed by atoms with Gasteiger partial charge in [-0.2, -0.15) is 0 Å². The zero-order valence-electron chi connectivity index (χ0n) is 8.87. The quantitative estimate of drug-likeness (QED) is 0.872. The van der Waals surface area contributed by atoms with Crippen LogP contribution < -0.4 is 10.6 Å². The molecule has 2 N–H and O–H groups in total. The summed E-state index contributed by atoms with van der Waals surface area (Å²) in [4.78, 5) is 15.9. The fraction of sp³-hybridized carbons (Fsp3) is 0.455. The predicted molar refractivity (Wildman–Crippen MR) is 66.2 cm³/mol. The lowest BCUT2D eigenvalue weighted by molar-refractivity contribution is -0.118. The van der Waals surface area contributed by atoms with Crippen LogP contribution in [0, 0.1) is 0 Å². The van der Waals surface area contributed by atoms with Gasteiger partial charge in [0.25, 0.3) is 0 Å². The van der Waals surface area contributed by atoms with Crippen LogP contribution in [-0.2, 0) is 4.79 Å². The molecule has 4 nitrogen and oxygen atoms in total. The smallest absolute Gasteiger partial charge is 0.242 e. The van der Waals surface area contributed by atoms with E-state index in [1.165, 1.54) is 0 Å². The molecule has 0 spiro atoms. The minimum absolute atomic E-state index is 0.00882.